The van der Waals surface area contributed by atoms with E-state index in [1.165, 1.54) is 0 Å². The lowest BCUT2D eigenvalue weighted by atomic mass is 10.1. The van der Waals surface area contributed by atoms with Crippen LogP contribution >= 0.6 is 29.3 Å². The monoisotopic (exact) mass is 1040 g/mol. The van der Waals surface area contributed by atoms with E-state index in [0.29, 0.717) is 0 Å². The third kappa shape index (κ3) is 12.3. The Bertz CT molecular complexity index is 2960. The minimum Gasteiger partial charge on any atom is -0.587 e. The van der Waals surface area contributed by atoms with Gasteiger partial charge in [0.1, 0.15) is 0 Å². The van der Waals surface area contributed by atoms with Gasteiger partial charge in [-0.2, -0.15) is 0 Å². The van der Waals surface area contributed by atoms with Crippen molar-refractivity contribution >= 4 is 82.9 Å². The van der Waals surface area contributed by atoms with E-state index in [0.717, 1.165) is 59.3 Å². The predicted octanol–water partition coefficient (Wildman–Crippen LogP) is 7.28. The van der Waals surface area contributed by atoms with Crippen LogP contribution in [0.4, 0.5) is 0 Å². The topological polar surface area (TPSA) is 284 Å². The highest BCUT2D eigenvalue weighted by Gasteiger charge is 2.47. The lowest BCUT2D eigenvalue weighted by molar-refractivity contribution is -0.829. The Morgan fingerprint density at radius 2 is 0.729 bits per heavy atom. The Morgan fingerprint density at radius 1 is 0.386 bits per heavy atom. The Balaban J connectivity index is 0.000000268. The molecule has 0 saturated carbocycles. The van der Waals surface area contributed by atoms with Crippen LogP contribution in [0.5, 0.6) is 0 Å². The van der Waals surface area contributed by atoms with Crippen molar-refractivity contribution in [2.75, 3.05) is 0 Å². The maximum atomic E-state index is 15.2. The Labute approximate surface area is 393 Å². The third-order valence-corrected chi connectivity index (χ3v) is 18.4. The molecule has 8 rings (SSSR count). The number of para-hydroxylation sites is 1. The van der Waals surface area contributed by atoms with Crippen LogP contribution in [0, 0.1) is 0 Å². The van der Waals surface area contributed by atoms with Crippen LogP contribution in [0.25, 0.3) is 27.5 Å². The van der Waals surface area contributed by atoms with Gasteiger partial charge in [0.05, 0.1) is 11.0 Å². The SMILES string of the molecule is O=P(c1ccccc1)(c1ccccc1)c1ccc(-n2c3ccccc3c3cc(P(=O)(c4ccccc4)c4ccccc4)ccc32)cc1.O=[P+]([O-])P(=O)(OOOOOOOOO)OOOOOOOOO. The fourth-order valence-corrected chi connectivity index (χ4v) is 13.1. The van der Waals surface area contributed by atoms with Crippen molar-refractivity contribution in [2.24, 2.45) is 0 Å². The summed E-state index contributed by atoms with van der Waals surface area (Å²) in [5.41, 5.74) is 3.04. The molecule has 0 amide bonds. The van der Waals surface area contributed by atoms with Crippen LogP contribution in [0.15, 0.2) is 188 Å². The van der Waals surface area contributed by atoms with Gasteiger partial charge in [-0.1, -0.05) is 153 Å². The zero-order valence-electron chi connectivity index (χ0n) is 35.1. The molecule has 0 fully saturated rings. The van der Waals surface area contributed by atoms with E-state index in [4.69, 9.17) is 10.5 Å². The van der Waals surface area contributed by atoms with Gasteiger partial charge in [-0.25, -0.2) is 15.1 Å². The third-order valence-electron chi connectivity index (χ3n) is 9.76. The van der Waals surface area contributed by atoms with Crippen LogP contribution in [0.1, 0.15) is 0 Å². The summed E-state index contributed by atoms with van der Waals surface area (Å²) >= 11 is 0. The summed E-state index contributed by atoms with van der Waals surface area (Å²) in [5, 5.41) is 67.5. The molecule has 2 N–H and O–H groups in total. The van der Waals surface area contributed by atoms with Gasteiger partial charge in [-0.05, 0) is 119 Å². The first-order valence-corrected chi connectivity index (χ1v) is 26.3. The first-order valence-electron chi connectivity index (χ1n) is 19.5. The molecule has 7 aromatic carbocycles. The fourth-order valence-electron chi connectivity index (χ4n) is 6.98. The standard InChI is InChI=1S/C42H31NO2P2.H2O21P2/c44-46(33-15-5-1-6-16-33,34-17-7-2-8-18-34)37-27-25-32(26-28-37)43-41-24-14-13-23-39(41)40-31-38(29-30-42(40)43)47(45,35-19-9-3-10-20-35)36-21-11-4-12-22-36;1-6-8-10-12-14-16-18-20-23(5,22(3)4)21-19-17-15-13-11-9-7-2/h1-31H;1-2H. The number of benzene rings is 7. The van der Waals surface area contributed by atoms with Crippen molar-refractivity contribution in [2.45, 2.75) is 0 Å². The summed E-state index contributed by atoms with van der Waals surface area (Å²) < 4.78 is 61.4. The summed E-state index contributed by atoms with van der Waals surface area (Å²) in [6.07, 6.45) is 0. The molecule has 1 aromatic heterocycles. The van der Waals surface area contributed by atoms with Gasteiger partial charge >= 0.3 is 15.0 Å². The van der Waals surface area contributed by atoms with Gasteiger partial charge in [-0.15, -0.1) is 0 Å². The highest BCUT2D eigenvalue weighted by Crippen LogP contribution is 2.66. The average Bonchev–Trinajstić information content (AvgIpc) is 3.75. The summed E-state index contributed by atoms with van der Waals surface area (Å²) in [6, 6.07) is 61.8. The van der Waals surface area contributed by atoms with Crippen LogP contribution < -0.4 is 36.7 Å². The summed E-state index contributed by atoms with van der Waals surface area (Å²) in [6.45, 7) is 0. The molecule has 0 aliphatic rings. The van der Waals surface area contributed by atoms with E-state index in [-0.39, 0.29) is 0 Å². The highest BCUT2D eigenvalue weighted by atomic mass is 32.1. The molecule has 0 aliphatic heterocycles. The molecule has 24 nitrogen and oxygen atoms in total. The molecule has 8 aromatic rings. The molecule has 70 heavy (non-hydrogen) atoms. The van der Waals surface area contributed by atoms with E-state index < -0.39 is 29.3 Å². The second-order valence-corrected chi connectivity index (χ2v) is 23.1. The Kier molecular flexibility index (Phi) is 19.0. The zero-order valence-corrected chi connectivity index (χ0v) is 38.7. The van der Waals surface area contributed by atoms with Crippen molar-refractivity contribution in [1.82, 2.24) is 4.57 Å². The number of nitrogens with zero attached hydrogens (tertiary/aromatic N) is 1. The first-order chi connectivity index (χ1) is 34.1. The molecule has 1 heterocycles. The number of aromatic nitrogens is 1. The minimum absolute atomic E-state index is 0.786. The maximum absolute atomic E-state index is 15.2. The molecule has 0 spiro atoms. The number of fused-ring (bicyclic) bond motifs is 3. The maximum Gasteiger partial charge on any atom is 0.626 e. The largest absolute Gasteiger partial charge is 0.626 e. The Hall–Kier alpha value is -5.63. The van der Waals surface area contributed by atoms with E-state index in [9.17, 15) is 18.6 Å². The number of hydrogen-bond acceptors (Lipinski definition) is 23. The van der Waals surface area contributed by atoms with Gasteiger partial charge in [0.15, 0.2) is 14.3 Å². The van der Waals surface area contributed by atoms with Crippen LogP contribution in [0.2, 0.25) is 0 Å². The molecule has 0 bridgehead atoms. The van der Waals surface area contributed by atoms with Crippen LogP contribution in [0.3, 0.4) is 0 Å². The molecule has 28 heteroatoms. The van der Waals surface area contributed by atoms with E-state index in [1.54, 1.807) is 0 Å². The van der Waals surface area contributed by atoms with Gasteiger partial charge in [0.25, 0.3) is 0 Å². The Morgan fingerprint density at radius 3 is 1.16 bits per heavy atom. The summed E-state index contributed by atoms with van der Waals surface area (Å²) in [5.74, 6) is 0. The summed E-state index contributed by atoms with van der Waals surface area (Å²) in [7, 11) is -15.5. The normalized spacial score (nSPS) is 12.2. The van der Waals surface area contributed by atoms with Crippen LogP contribution in [-0.2, 0) is 98.1 Å². The second kappa shape index (κ2) is 25.5. The molecule has 1 unspecified atom stereocenters. The van der Waals surface area contributed by atoms with Gasteiger partial charge < -0.3 is 18.6 Å². The number of rotatable bonds is 24. The molecule has 364 valence electrons. The van der Waals surface area contributed by atoms with E-state index >= 15 is 4.57 Å². The number of hydrogen-bond donors (Lipinski definition) is 2. The van der Waals surface area contributed by atoms with Crippen molar-refractivity contribution in [3.05, 3.63) is 188 Å². The molecule has 1 atom stereocenters. The molecule has 0 aliphatic carbocycles. The predicted molar refractivity (Wildman–Crippen MR) is 237 cm³/mol. The van der Waals surface area contributed by atoms with Gasteiger partial charge in [0, 0.05) is 48.3 Å². The van der Waals surface area contributed by atoms with Crippen molar-refractivity contribution in [3.8, 4) is 5.69 Å². The van der Waals surface area contributed by atoms with Gasteiger partial charge in [-0.3, -0.25) is 0 Å². The lowest BCUT2D eigenvalue weighted by Gasteiger charge is -2.21. The fraction of sp³-hybridized carbons (Fsp3) is 0. The smallest absolute Gasteiger partial charge is 0.587 e. The quantitative estimate of drug-likeness (QED) is 0.0260. The van der Waals surface area contributed by atoms with Gasteiger partial charge in [0.2, 0.25) is 0 Å². The van der Waals surface area contributed by atoms with E-state index in [1.807, 2.05) is 152 Å². The van der Waals surface area contributed by atoms with Crippen molar-refractivity contribution < 1.29 is 114 Å². The zero-order chi connectivity index (χ0) is 49.2. The molecule has 0 radical (unpaired) electrons. The molecule has 0 saturated heterocycles. The average molecular weight is 1040 g/mol. The highest BCUT2D eigenvalue weighted by molar-refractivity contribution is 8.20. The van der Waals surface area contributed by atoms with Crippen molar-refractivity contribution in [3.63, 3.8) is 0 Å². The lowest BCUT2D eigenvalue weighted by Crippen LogP contribution is -2.25. The first kappa shape index (κ1) is 52.2. The van der Waals surface area contributed by atoms with E-state index in [2.05, 4.69) is 121 Å². The second-order valence-electron chi connectivity index (χ2n) is 13.5. The molecular weight excluding hydrogens is 1010 g/mol. The minimum atomic E-state index is -5.20. The van der Waals surface area contributed by atoms with Crippen molar-refractivity contribution in [1.29, 1.82) is 0 Å². The molecular formula is C42H33NO23P4. The van der Waals surface area contributed by atoms with Crippen LogP contribution in [-0.4, -0.2) is 15.1 Å². The summed E-state index contributed by atoms with van der Waals surface area (Å²) in [4.78, 5) is 10.6.